The lowest BCUT2D eigenvalue weighted by Crippen LogP contribution is -2.36. The summed E-state index contributed by atoms with van der Waals surface area (Å²) in [5, 5.41) is 5.82. The second-order valence-electron chi connectivity index (χ2n) is 6.04. The molecule has 3 N–H and O–H groups in total. The average Bonchev–Trinajstić information content (AvgIpc) is 2.65. The van der Waals surface area contributed by atoms with Gasteiger partial charge in [0.25, 0.3) is 5.56 Å². The van der Waals surface area contributed by atoms with Crippen molar-refractivity contribution in [2.75, 3.05) is 16.4 Å². The summed E-state index contributed by atoms with van der Waals surface area (Å²) in [6.45, 7) is 5.62. The SMILES string of the molecule is C=CCSc1nc2c(c(=O)[nH]1)C(C(=O)Nc1ccccc1CC)CC(=O)N2. The minimum absolute atomic E-state index is 0.100. The summed E-state index contributed by atoms with van der Waals surface area (Å²) >= 11 is 1.29. The van der Waals surface area contributed by atoms with Gasteiger partial charge in [-0.15, -0.1) is 6.58 Å². The van der Waals surface area contributed by atoms with Crippen LogP contribution in [0.1, 0.15) is 30.4 Å². The third-order valence-electron chi connectivity index (χ3n) is 4.24. The fourth-order valence-corrected chi connectivity index (χ4v) is 3.55. The normalized spacial score (nSPS) is 15.6. The Labute approximate surface area is 160 Å². The number of aromatic nitrogens is 2. The Bertz CT molecular complexity index is 954. The number of aryl methyl sites for hydroxylation is 1. The van der Waals surface area contributed by atoms with Crippen LogP contribution >= 0.6 is 11.8 Å². The van der Waals surface area contributed by atoms with Crippen LogP contribution in [0.3, 0.4) is 0 Å². The van der Waals surface area contributed by atoms with Gasteiger partial charge in [-0.3, -0.25) is 14.4 Å². The molecular weight excluding hydrogens is 364 g/mol. The number of fused-ring (bicyclic) bond motifs is 1. The maximum Gasteiger partial charge on any atom is 0.257 e. The van der Waals surface area contributed by atoms with Crippen molar-refractivity contribution in [2.24, 2.45) is 0 Å². The van der Waals surface area contributed by atoms with Gasteiger partial charge in [-0.1, -0.05) is 43.0 Å². The summed E-state index contributed by atoms with van der Waals surface area (Å²) in [4.78, 5) is 44.5. The summed E-state index contributed by atoms with van der Waals surface area (Å²) in [5.74, 6) is -0.929. The minimum atomic E-state index is -0.895. The Morgan fingerprint density at radius 3 is 2.93 bits per heavy atom. The highest BCUT2D eigenvalue weighted by Crippen LogP contribution is 2.30. The molecule has 0 fully saturated rings. The molecule has 0 spiro atoms. The third-order valence-corrected chi connectivity index (χ3v) is 5.11. The molecule has 27 heavy (non-hydrogen) atoms. The molecule has 1 aromatic heterocycles. The molecule has 2 heterocycles. The van der Waals surface area contributed by atoms with Crippen LogP contribution in [0.15, 0.2) is 46.9 Å². The van der Waals surface area contributed by atoms with Gasteiger partial charge < -0.3 is 15.6 Å². The van der Waals surface area contributed by atoms with Gasteiger partial charge in [0.1, 0.15) is 5.82 Å². The van der Waals surface area contributed by atoms with Crippen molar-refractivity contribution in [3.63, 3.8) is 0 Å². The van der Waals surface area contributed by atoms with Crippen LogP contribution in [-0.4, -0.2) is 27.5 Å². The molecule has 140 valence electrons. The number of benzene rings is 1. The molecule has 3 rings (SSSR count). The molecule has 8 heteroatoms. The van der Waals surface area contributed by atoms with Gasteiger partial charge in [-0.25, -0.2) is 4.98 Å². The molecule has 1 aliphatic rings. The number of hydrogen-bond acceptors (Lipinski definition) is 5. The van der Waals surface area contributed by atoms with Gasteiger partial charge in [-0.05, 0) is 18.1 Å². The number of para-hydroxylation sites is 1. The van der Waals surface area contributed by atoms with Crippen molar-refractivity contribution in [3.8, 4) is 0 Å². The van der Waals surface area contributed by atoms with E-state index >= 15 is 0 Å². The number of aromatic amines is 1. The lowest BCUT2D eigenvalue weighted by atomic mass is 9.92. The fourth-order valence-electron chi connectivity index (χ4n) is 2.95. The van der Waals surface area contributed by atoms with Crippen LogP contribution in [0.4, 0.5) is 11.5 Å². The number of hydrogen-bond donors (Lipinski definition) is 3. The number of amides is 2. The summed E-state index contributed by atoms with van der Waals surface area (Å²) in [6.07, 6.45) is 2.34. The highest BCUT2D eigenvalue weighted by Gasteiger charge is 2.34. The Hall–Kier alpha value is -2.87. The zero-order valence-electron chi connectivity index (χ0n) is 14.9. The van der Waals surface area contributed by atoms with Crippen molar-refractivity contribution in [1.29, 1.82) is 0 Å². The minimum Gasteiger partial charge on any atom is -0.325 e. The predicted molar refractivity (Wildman–Crippen MR) is 106 cm³/mol. The molecule has 0 radical (unpaired) electrons. The monoisotopic (exact) mass is 384 g/mol. The molecular formula is C19H20N4O3S. The zero-order chi connectivity index (χ0) is 19.4. The number of carbonyl (C=O) groups excluding carboxylic acids is 2. The molecule has 1 aromatic carbocycles. The summed E-state index contributed by atoms with van der Waals surface area (Å²) in [5.41, 5.74) is 1.43. The Morgan fingerprint density at radius 2 is 2.19 bits per heavy atom. The molecule has 0 saturated carbocycles. The Kier molecular flexibility index (Phi) is 5.75. The lowest BCUT2D eigenvalue weighted by molar-refractivity contribution is -0.123. The molecule has 2 aromatic rings. The first kappa shape index (κ1) is 18.9. The largest absolute Gasteiger partial charge is 0.325 e. The zero-order valence-corrected chi connectivity index (χ0v) is 15.7. The fraction of sp³-hybridized carbons (Fsp3) is 0.263. The summed E-state index contributed by atoms with van der Waals surface area (Å²) < 4.78 is 0. The van der Waals surface area contributed by atoms with E-state index in [0.29, 0.717) is 16.6 Å². The van der Waals surface area contributed by atoms with E-state index in [4.69, 9.17) is 0 Å². The first-order valence-corrected chi connectivity index (χ1v) is 9.58. The average molecular weight is 384 g/mol. The van der Waals surface area contributed by atoms with Crippen LogP contribution in [0.5, 0.6) is 0 Å². The van der Waals surface area contributed by atoms with E-state index in [-0.39, 0.29) is 23.7 Å². The van der Waals surface area contributed by atoms with E-state index in [2.05, 4.69) is 27.2 Å². The van der Waals surface area contributed by atoms with Crippen molar-refractivity contribution < 1.29 is 9.59 Å². The third kappa shape index (κ3) is 4.11. The van der Waals surface area contributed by atoms with E-state index in [1.54, 1.807) is 12.1 Å². The van der Waals surface area contributed by atoms with Gasteiger partial charge >= 0.3 is 0 Å². The van der Waals surface area contributed by atoms with Gasteiger partial charge in [-0.2, -0.15) is 0 Å². The second-order valence-corrected chi connectivity index (χ2v) is 7.05. The molecule has 7 nitrogen and oxygen atoms in total. The number of rotatable bonds is 6. The molecule has 0 saturated heterocycles. The van der Waals surface area contributed by atoms with Crippen LogP contribution in [0.2, 0.25) is 0 Å². The van der Waals surface area contributed by atoms with Crippen molar-refractivity contribution >= 4 is 35.1 Å². The number of nitrogens with zero attached hydrogens (tertiary/aromatic N) is 1. The topological polar surface area (TPSA) is 104 Å². The van der Waals surface area contributed by atoms with Crippen molar-refractivity contribution in [2.45, 2.75) is 30.8 Å². The van der Waals surface area contributed by atoms with E-state index in [0.717, 1.165) is 12.0 Å². The lowest BCUT2D eigenvalue weighted by Gasteiger charge is -2.24. The Morgan fingerprint density at radius 1 is 1.41 bits per heavy atom. The number of nitrogens with one attached hydrogen (secondary N) is 3. The quantitative estimate of drug-likeness (QED) is 0.404. The van der Waals surface area contributed by atoms with E-state index < -0.39 is 17.4 Å². The van der Waals surface area contributed by atoms with Gasteiger partial charge in [0.05, 0.1) is 11.5 Å². The molecule has 1 aliphatic heterocycles. The number of anilines is 2. The number of carbonyl (C=O) groups is 2. The van der Waals surface area contributed by atoms with Crippen LogP contribution in [0.25, 0.3) is 0 Å². The summed E-state index contributed by atoms with van der Waals surface area (Å²) in [7, 11) is 0. The molecule has 2 amide bonds. The van der Waals surface area contributed by atoms with Crippen LogP contribution in [-0.2, 0) is 16.0 Å². The molecule has 0 bridgehead atoms. The highest BCUT2D eigenvalue weighted by atomic mass is 32.2. The predicted octanol–water partition coefficient (Wildman–Crippen LogP) is 2.67. The first-order valence-electron chi connectivity index (χ1n) is 8.60. The van der Waals surface area contributed by atoms with E-state index in [1.165, 1.54) is 11.8 Å². The van der Waals surface area contributed by atoms with Crippen LogP contribution < -0.4 is 16.2 Å². The van der Waals surface area contributed by atoms with Crippen LogP contribution in [0, 0.1) is 0 Å². The van der Waals surface area contributed by atoms with Crippen molar-refractivity contribution in [3.05, 3.63) is 58.4 Å². The maximum absolute atomic E-state index is 12.9. The number of thioether (sulfide) groups is 1. The molecule has 0 aliphatic carbocycles. The highest BCUT2D eigenvalue weighted by molar-refractivity contribution is 7.99. The van der Waals surface area contributed by atoms with E-state index in [9.17, 15) is 14.4 Å². The number of H-pyrrole nitrogens is 1. The smallest absolute Gasteiger partial charge is 0.257 e. The maximum atomic E-state index is 12.9. The first-order chi connectivity index (χ1) is 13.0. The van der Waals surface area contributed by atoms with Gasteiger partial charge in [0, 0.05) is 17.9 Å². The Balaban J connectivity index is 1.93. The second kappa shape index (κ2) is 8.22. The standard InChI is InChI=1S/C19H20N4O3S/c1-3-9-27-19-22-16-15(18(26)23-19)12(10-14(24)21-16)17(25)20-13-8-6-5-7-11(13)4-2/h3,5-8,12H,1,4,9-10H2,2H3,(H,20,25)(H2,21,22,23,24,26). The van der Waals surface area contributed by atoms with E-state index in [1.807, 2.05) is 25.1 Å². The van der Waals surface area contributed by atoms with Crippen molar-refractivity contribution in [1.82, 2.24) is 9.97 Å². The molecule has 1 atom stereocenters. The van der Waals surface area contributed by atoms with Gasteiger partial charge in [0.2, 0.25) is 11.8 Å². The molecule has 1 unspecified atom stereocenters. The summed E-state index contributed by atoms with van der Waals surface area (Å²) in [6, 6.07) is 7.45. The van der Waals surface area contributed by atoms with Gasteiger partial charge in [0.15, 0.2) is 5.16 Å².